The number of hydrogen-bond acceptors (Lipinski definition) is 6. The van der Waals surface area contributed by atoms with Crippen LogP contribution in [0.1, 0.15) is 25.7 Å². The highest BCUT2D eigenvalue weighted by molar-refractivity contribution is 5.98. The Morgan fingerprint density at radius 2 is 2.07 bits per heavy atom. The highest BCUT2D eigenvalue weighted by Crippen LogP contribution is 2.30. The highest BCUT2D eigenvalue weighted by Gasteiger charge is 2.22. The maximum Gasteiger partial charge on any atom is 0.275 e. The fourth-order valence-corrected chi connectivity index (χ4v) is 4.14. The molecule has 1 aliphatic rings. The largest absolute Gasteiger partial charge is 0.366 e. The Balaban J connectivity index is 1.59. The average Bonchev–Trinajstić information content (AvgIpc) is 3.20. The Morgan fingerprint density at radius 3 is 2.97 bits per heavy atom. The van der Waals surface area contributed by atoms with Crippen LogP contribution in [0.2, 0.25) is 0 Å². The Kier molecular flexibility index (Phi) is 4.40. The first-order valence-electron chi connectivity index (χ1n) is 9.93. The molecule has 1 aliphatic carbocycles. The SMILES string of the molecule is NC1CCCCC1Nc1cc2cn[nH]c(=O)c2c(Nc2cccc3[nH]ccc23)n1. The van der Waals surface area contributed by atoms with Gasteiger partial charge in [0, 0.05) is 40.3 Å². The summed E-state index contributed by atoms with van der Waals surface area (Å²) in [7, 11) is 0. The van der Waals surface area contributed by atoms with Crippen molar-refractivity contribution in [2.75, 3.05) is 10.6 Å². The number of anilines is 3. The summed E-state index contributed by atoms with van der Waals surface area (Å²) >= 11 is 0. The molecule has 5 rings (SSSR count). The van der Waals surface area contributed by atoms with Crippen molar-refractivity contribution in [1.82, 2.24) is 20.2 Å². The van der Waals surface area contributed by atoms with E-state index in [1.54, 1.807) is 6.20 Å². The molecule has 29 heavy (non-hydrogen) atoms. The van der Waals surface area contributed by atoms with Crippen LogP contribution in [0.25, 0.3) is 21.7 Å². The summed E-state index contributed by atoms with van der Waals surface area (Å²) in [5, 5.41) is 15.5. The van der Waals surface area contributed by atoms with Gasteiger partial charge in [-0.3, -0.25) is 4.79 Å². The van der Waals surface area contributed by atoms with E-state index in [-0.39, 0.29) is 17.6 Å². The van der Waals surface area contributed by atoms with Crippen LogP contribution in [-0.4, -0.2) is 32.2 Å². The summed E-state index contributed by atoms with van der Waals surface area (Å²) in [5.41, 5.74) is 7.91. The van der Waals surface area contributed by atoms with Crippen LogP contribution in [-0.2, 0) is 0 Å². The van der Waals surface area contributed by atoms with Crippen molar-refractivity contribution in [2.45, 2.75) is 37.8 Å². The number of benzene rings is 1. The minimum Gasteiger partial charge on any atom is -0.366 e. The lowest BCUT2D eigenvalue weighted by atomic mass is 9.91. The van der Waals surface area contributed by atoms with Gasteiger partial charge in [0.2, 0.25) is 0 Å². The van der Waals surface area contributed by atoms with Gasteiger partial charge in [0.05, 0.1) is 11.6 Å². The molecule has 0 spiro atoms. The molecule has 4 aromatic rings. The lowest BCUT2D eigenvalue weighted by Crippen LogP contribution is -2.42. The van der Waals surface area contributed by atoms with Gasteiger partial charge in [-0.1, -0.05) is 18.9 Å². The van der Waals surface area contributed by atoms with Gasteiger partial charge < -0.3 is 21.4 Å². The minimum atomic E-state index is -0.278. The number of hydrogen-bond donors (Lipinski definition) is 5. The molecule has 1 saturated carbocycles. The highest BCUT2D eigenvalue weighted by atomic mass is 16.1. The predicted octanol–water partition coefficient (Wildman–Crippen LogP) is 3.22. The molecule has 0 radical (unpaired) electrons. The average molecular weight is 389 g/mol. The number of fused-ring (bicyclic) bond motifs is 2. The van der Waals surface area contributed by atoms with Gasteiger partial charge in [-0.25, -0.2) is 10.1 Å². The molecule has 2 unspecified atom stereocenters. The number of nitrogens with two attached hydrogens (primary N) is 1. The summed E-state index contributed by atoms with van der Waals surface area (Å²) in [6.07, 6.45) is 7.87. The van der Waals surface area contributed by atoms with E-state index < -0.39 is 0 Å². The van der Waals surface area contributed by atoms with Crippen LogP contribution < -0.4 is 21.9 Å². The first-order valence-corrected chi connectivity index (χ1v) is 9.93. The van der Waals surface area contributed by atoms with Gasteiger partial charge in [0.25, 0.3) is 5.56 Å². The van der Waals surface area contributed by atoms with Crippen molar-refractivity contribution in [3.63, 3.8) is 0 Å². The second-order valence-corrected chi connectivity index (χ2v) is 7.59. The Labute approximate surface area is 166 Å². The van der Waals surface area contributed by atoms with Crippen LogP contribution in [0, 0.1) is 0 Å². The van der Waals surface area contributed by atoms with Crippen LogP contribution in [0.3, 0.4) is 0 Å². The number of nitrogens with one attached hydrogen (secondary N) is 4. The molecule has 0 saturated heterocycles. The number of aromatic nitrogens is 4. The van der Waals surface area contributed by atoms with E-state index in [4.69, 9.17) is 10.7 Å². The number of aromatic amines is 2. The molecule has 2 atom stereocenters. The van der Waals surface area contributed by atoms with Gasteiger partial charge in [-0.05, 0) is 37.1 Å². The first-order chi connectivity index (χ1) is 14.2. The summed E-state index contributed by atoms with van der Waals surface area (Å²) in [6.45, 7) is 0. The fraction of sp³-hybridized carbons (Fsp3) is 0.286. The van der Waals surface area contributed by atoms with E-state index in [0.29, 0.717) is 17.0 Å². The molecular weight excluding hydrogens is 366 g/mol. The Morgan fingerprint density at radius 1 is 1.17 bits per heavy atom. The quantitative estimate of drug-likeness (QED) is 0.365. The molecule has 6 N–H and O–H groups in total. The number of H-pyrrole nitrogens is 2. The molecule has 3 aromatic heterocycles. The van der Waals surface area contributed by atoms with E-state index in [9.17, 15) is 4.79 Å². The van der Waals surface area contributed by atoms with E-state index in [1.165, 1.54) is 0 Å². The zero-order valence-corrected chi connectivity index (χ0v) is 15.9. The second kappa shape index (κ2) is 7.21. The van der Waals surface area contributed by atoms with E-state index in [2.05, 4.69) is 25.8 Å². The van der Waals surface area contributed by atoms with E-state index in [1.807, 2.05) is 36.5 Å². The zero-order valence-electron chi connectivity index (χ0n) is 15.9. The Hall–Kier alpha value is -3.39. The molecule has 0 aliphatic heterocycles. The van der Waals surface area contributed by atoms with Crippen molar-refractivity contribution in [2.24, 2.45) is 5.73 Å². The maximum absolute atomic E-state index is 12.5. The lowest BCUT2D eigenvalue weighted by Gasteiger charge is -2.30. The van der Waals surface area contributed by atoms with Gasteiger partial charge in [-0.15, -0.1) is 0 Å². The summed E-state index contributed by atoms with van der Waals surface area (Å²) in [4.78, 5) is 20.5. The molecule has 3 heterocycles. The van der Waals surface area contributed by atoms with Gasteiger partial charge in [0.15, 0.2) is 0 Å². The normalized spacial score (nSPS) is 19.5. The first kappa shape index (κ1) is 17.7. The number of nitrogens with zero attached hydrogens (tertiary/aromatic N) is 2. The molecule has 1 aromatic carbocycles. The van der Waals surface area contributed by atoms with Crippen LogP contribution in [0.5, 0.6) is 0 Å². The summed E-state index contributed by atoms with van der Waals surface area (Å²) in [5.74, 6) is 1.18. The molecule has 8 heteroatoms. The third kappa shape index (κ3) is 3.31. The maximum atomic E-state index is 12.5. The monoisotopic (exact) mass is 389 g/mol. The molecule has 1 fully saturated rings. The molecular formula is C21H23N7O. The van der Waals surface area contributed by atoms with Gasteiger partial charge in [-0.2, -0.15) is 5.10 Å². The van der Waals surface area contributed by atoms with Gasteiger partial charge >= 0.3 is 0 Å². The van der Waals surface area contributed by atoms with Crippen molar-refractivity contribution < 1.29 is 0 Å². The van der Waals surface area contributed by atoms with E-state index >= 15 is 0 Å². The predicted molar refractivity (Wildman–Crippen MR) is 116 cm³/mol. The van der Waals surface area contributed by atoms with Crippen molar-refractivity contribution in [3.8, 4) is 0 Å². The molecule has 148 valence electrons. The van der Waals surface area contributed by atoms with Crippen LogP contribution in [0.15, 0.2) is 47.5 Å². The third-order valence-corrected chi connectivity index (χ3v) is 5.65. The number of pyridine rings is 1. The van der Waals surface area contributed by atoms with Crippen molar-refractivity contribution >= 4 is 39.0 Å². The van der Waals surface area contributed by atoms with E-state index in [0.717, 1.165) is 47.7 Å². The number of rotatable bonds is 4. The van der Waals surface area contributed by atoms with Gasteiger partial charge in [0.1, 0.15) is 11.6 Å². The topological polar surface area (TPSA) is 125 Å². The smallest absolute Gasteiger partial charge is 0.275 e. The minimum absolute atomic E-state index is 0.101. The third-order valence-electron chi connectivity index (χ3n) is 5.65. The Bertz CT molecular complexity index is 1230. The molecule has 8 nitrogen and oxygen atoms in total. The fourth-order valence-electron chi connectivity index (χ4n) is 4.14. The second-order valence-electron chi connectivity index (χ2n) is 7.59. The summed E-state index contributed by atoms with van der Waals surface area (Å²) in [6, 6.07) is 10.1. The van der Waals surface area contributed by atoms with Crippen LogP contribution >= 0.6 is 0 Å². The standard InChI is InChI=1S/C21H23N7O/c22-14-4-1-2-5-17(14)25-18-10-12-11-24-28-21(29)19(12)20(27-18)26-16-7-3-6-15-13(16)8-9-23-15/h3,6-11,14,17,23H,1-2,4-5,22H2,(H,28,29)(H2,25,26,27). The lowest BCUT2D eigenvalue weighted by molar-refractivity contribution is 0.403. The molecule has 0 bridgehead atoms. The van der Waals surface area contributed by atoms with Crippen molar-refractivity contribution in [3.05, 3.63) is 53.1 Å². The molecule has 0 amide bonds. The summed E-state index contributed by atoms with van der Waals surface area (Å²) < 4.78 is 0. The van der Waals surface area contributed by atoms with Crippen molar-refractivity contribution in [1.29, 1.82) is 0 Å². The van der Waals surface area contributed by atoms with Crippen LogP contribution in [0.4, 0.5) is 17.3 Å². The zero-order chi connectivity index (χ0) is 19.8.